The van der Waals surface area contributed by atoms with Crippen LogP contribution in [-0.2, 0) is 19.1 Å². The van der Waals surface area contributed by atoms with E-state index >= 15 is 0 Å². The summed E-state index contributed by atoms with van der Waals surface area (Å²) < 4.78 is 11.1. The first kappa shape index (κ1) is 25.7. The maximum Gasteiger partial charge on any atom is 0.321 e. The van der Waals surface area contributed by atoms with E-state index < -0.39 is 28.8 Å². The molecular weight excluding hydrogens is 394 g/mol. The summed E-state index contributed by atoms with van der Waals surface area (Å²) in [6.07, 6.45) is 6.56. The first-order valence-corrected chi connectivity index (χ1v) is 10.9. The molecule has 0 aromatic carbocycles. The zero-order valence-electron chi connectivity index (χ0n) is 18.0. The second kappa shape index (κ2) is 11.7. The molecule has 0 fully saturated rings. The minimum atomic E-state index is -1.39. The maximum atomic E-state index is 12.5. The molecule has 0 aromatic heterocycles. The van der Waals surface area contributed by atoms with Crippen molar-refractivity contribution in [2.24, 2.45) is 11.7 Å². The van der Waals surface area contributed by atoms with Crippen molar-refractivity contribution >= 4 is 23.7 Å². The van der Waals surface area contributed by atoms with Crippen LogP contribution in [-0.4, -0.2) is 64.1 Å². The third-order valence-corrected chi connectivity index (χ3v) is 6.91. The lowest BCUT2D eigenvalue weighted by Crippen LogP contribution is -2.40. The van der Waals surface area contributed by atoms with Crippen molar-refractivity contribution in [1.29, 1.82) is 0 Å². The zero-order valence-corrected chi connectivity index (χ0v) is 18.8. The van der Waals surface area contributed by atoms with Crippen molar-refractivity contribution < 1.29 is 29.3 Å². The number of allylic oxidation sites excluding steroid dienone is 1. The summed E-state index contributed by atoms with van der Waals surface area (Å²) in [5.41, 5.74) is 5.25. The predicted octanol–water partition coefficient (Wildman–Crippen LogP) is 2.52. The Morgan fingerprint density at radius 1 is 1.48 bits per heavy atom. The van der Waals surface area contributed by atoms with Gasteiger partial charge >= 0.3 is 11.9 Å². The molecule has 7 nitrogen and oxygen atoms in total. The van der Waals surface area contributed by atoms with Gasteiger partial charge in [-0.3, -0.25) is 9.59 Å². The lowest BCUT2D eigenvalue weighted by atomic mass is 9.95. The van der Waals surface area contributed by atoms with Crippen LogP contribution in [0.4, 0.5) is 0 Å². The van der Waals surface area contributed by atoms with Gasteiger partial charge in [0.25, 0.3) is 0 Å². The molecule has 29 heavy (non-hydrogen) atoms. The van der Waals surface area contributed by atoms with E-state index in [-0.39, 0.29) is 30.3 Å². The van der Waals surface area contributed by atoms with E-state index in [0.29, 0.717) is 0 Å². The SMILES string of the molecule is CO[C@@H]1/C=C/[C@@](C)(O)[C@H](SC[C@H](N)C(=O)O)CC(=O)O[C@H](C)[C@H](C)CCC=C1C. The molecule has 0 unspecified atom stereocenters. The number of aliphatic hydroxyl groups is 1. The fraction of sp³-hybridized carbons (Fsp3) is 0.714. The summed E-state index contributed by atoms with van der Waals surface area (Å²) in [5, 5.41) is 19.5. The van der Waals surface area contributed by atoms with E-state index in [4.69, 9.17) is 20.3 Å². The average Bonchev–Trinajstić information content (AvgIpc) is 2.63. The Labute approximate surface area is 177 Å². The van der Waals surface area contributed by atoms with Gasteiger partial charge in [-0.15, -0.1) is 0 Å². The van der Waals surface area contributed by atoms with Gasteiger partial charge in [0.15, 0.2) is 0 Å². The number of carbonyl (C=O) groups excluding carboxylic acids is 1. The van der Waals surface area contributed by atoms with Crippen LogP contribution in [0.25, 0.3) is 0 Å². The van der Waals surface area contributed by atoms with Crippen LogP contribution in [0.3, 0.4) is 0 Å². The monoisotopic (exact) mass is 429 g/mol. The minimum Gasteiger partial charge on any atom is -0.480 e. The number of hydrogen-bond donors (Lipinski definition) is 3. The standard InChI is InChI=1S/C21H35NO6S/c1-13-7-6-8-14(2)17(27-5)9-10-21(4,26)18(11-19(23)28-15(13)3)29-12-16(22)20(24)25/h8-10,13,15-18,26H,6-7,11-12,22H2,1-5H3,(H,24,25)/b10-9+,14-8?/t13-,15-,16+,17-,18-,21-/m1/s1. The number of carboxylic acid groups (broad SMARTS) is 1. The Morgan fingerprint density at radius 2 is 2.14 bits per heavy atom. The summed E-state index contributed by atoms with van der Waals surface area (Å²) >= 11 is 1.15. The fourth-order valence-corrected chi connectivity index (χ4v) is 4.23. The summed E-state index contributed by atoms with van der Waals surface area (Å²) in [5.74, 6) is -1.31. The molecule has 6 atom stereocenters. The van der Waals surface area contributed by atoms with Gasteiger partial charge in [0, 0.05) is 18.1 Å². The summed E-state index contributed by atoms with van der Waals surface area (Å²) in [6.45, 7) is 7.47. The van der Waals surface area contributed by atoms with Gasteiger partial charge in [0.05, 0.1) is 18.1 Å². The highest BCUT2D eigenvalue weighted by Gasteiger charge is 2.34. The molecule has 0 radical (unpaired) electrons. The highest BCUT2D eigenvalue weighted by molar-refractivity contribution is 8.00. The Bertz CT molecular complexity index is 618. The molecule has 1 aliphatic rings. The molecule has 1 heterocycles. The number of aliphatic carboxylic acids is 1. The number of rotatable bonds is 5. The van der Waals surface area contributed by atoms with E-state index in [9.17, 15) is 14.7 Å². The quantitative estimate of drug-likeness (QED) is 0.451. The van der Waals surface area contributed by atoms with Crippen LogP contribution in [0, 0.1) is 5.92 Å². The number of thioether (sulfide) groups is 1. The van der Waals surface area contributed by atoms with Gasteiger partial charge in [-0.25, -0.2) is 0 Å². The Hall–Kier alpha value is -1.35. The lowest BCUT2D eigenvalue weighted by Gasteiger charge is -2.31. The second-order valence-corrected chi connectivity index (χ2v) is 9.15. The van der Waals surface area contributed by atoms with Crippen molar-refractivity contribution in [2.45, 2.75) is 76.1 Å². The molecule has 0 bridgehead atoms. The molecular formula is C21H35NO6S. The van der Waals surface area contributed by atoms with E-state index in [1.54, 1.807) is 26.2 Å². The molecule has 166 valence electrons. The van der Waals surface area contributed by atoms with Gasteiger partial charge in [-0.1, -0.05) is 25.2 Å². The van der Waals surface area contributed by atoms with Crippen LogP contribution >= 0.6 is 11.8 Å². The highest BCUT2D eigenvalue weighted by atomic mass is 32.2. The third-order valence-electron chi connectivity index (χ3n) is 5.32. The number of carboxylic acids is 1. The molecule has 0 amide bonds. The Balaban J connectivity index is 3.17. The van der Waals surface area contributed by atoms with Crippen molar-refractivity contribution in [1.82, 2.24) is 0 Å². The topological polar surface area (TPSA) is 119 Å². The van der Waals surface area contributed by atoms with E-state index in [1.165, 1.54) is 0 Å². The first-order valence-electron chi connectivity index (χ1n) is 9.88. The Morgan fingerprint density at radius 3 is 2.72 bits per heavy atom. The minimum absolute atomic E-state index is 0.0577. The van der Waals surface area contributed by atoms with Crippen LogP contribution in [0.2, 0.25) is 0 Å². The van der Waals surface area contributed by atoms with Crippen LogP contribution in [0.15, 0.2) is 23.8 Å². The molecule has 0 aliphatic carbocycles. The molecule has 1 aliphatic heterocycles. The fourth-order valence-electron chi connectivity index (χ4n) is 2.98. The summed E-state index contributed by atoms with van der Waals surface area (Å²) in [7, 11) is 1.60. The van der Waals surface area contributed by atoms with Gasteiger partial charge in [0.2, 0.25) is 0 Å². The largest absolute Gasteiger partial charge is 0.480 e. The van der Waals surface area contributed by atoms with Crippen molar-refractivity contribution in [3.63, 3.8) is 0 Å². The summed E-state index contributed by atoms with van der Waals surface area (Å²) in [4.78, 5) is 23.5. The number of esters is 1. The molecule has 0 aromatic rings. The molecule has 8 heteroatoms. The number of methoxy groups -OCH3 is 1. The number of nitrogens with two attached hydrogens (primary N) is 1. The number of hydrogen-bond acceptors (Lipinski definition) is 7. The zero-order chi connectivity index (χ0) is 22.2. The van der Waals surface area contributed by atoms with Crippen molar-refractivity contribution in [2.75, 3.05) is 12.9 Å². The Kier molecular flexibility index (Phi) is 10.4. The number of cyclic esters (lactones) is 1. The first-order chi connectivity index (χ1) is 13.5. The predicted molar refractivity (Wildman–Crippen MR) is 115 cm³/mol. The highest BCUT2D eigenvalue weighted by Crippen LogP contribution is 2.30. The van der Waals surface area contributed by atoms with Gasteiger partial charge in [-0.05, 0) is 45.1 Å². The maximum absolute atomic E-state index is 12.5. The third kappa shape index (κ3) is 8.50. The van der Waals surface area contributed by atoms with E-state index in [2.05, 4.69) is 6.08 Å². The van der Waals surface area contributed by atoms with Gasteiger partial charge < -0.3 is 25.4 Å². The average molecular weight is 430 g/mol. The van der Waals surface area contributed by atoms with Crippen LogP contribution in [0.5, 0.6) is 0 Å². The van der Waals surface area contributed by atoms with E-state index in [0.717, 1.165) is 30.2 Å². The van der Waals surface area contributed by atoms with Gasteiger partial charge in [-0.2, -0.15) is 11.8 Å². The molecule has 0 saturated carbocycles. The van der Waals surface area contributed by atoms with E-state index in [1.807, 2.05) is 20.8 Å². The molecule has 1 rings (SSSR count). The van der Waals surface area contributed by atoms with Crippen LogP contribution in [0.1, 0.15) is 47.0 Å². The van der Waals surface area contributed by atoms with Crippen LogP contribution < -0.4 is 5.73 Å². The molecule has 4 N–H and O–H groups in total. The molecule has 0 saturated heterocycles. The second-order valence-electron chi connectivity index (χ2n) is 7.91. The lowest BCUT2D eigenvalue weighted by molar-refractivity contribution is -0.151. The van der Waals surface area contributed by atoms with Gasteiger partial charge in [0.1, 0.15) is 12.1 Å². The van der Waals surface area contributed by atoms with Crippen molar-refractivity contribution in [3.05, 3.63) is 23.8 Å². The van der Waals surface area contributed by atoms with Crippen molar-refractivity contribution in [3.8, 4) is 0 Å². The number of carbonyl (C=O) groups is 2. The smallest absolute Gasteiger partial charge is 0.321 e. The normalized spacial score (nSPS) is 34.4. The number of ether oxygens (including phenoxy) is 2. The summed E-state index contributed by atoms with van der Waals surface area (Å²) in [6, 6.07) is -1.08. The molecule has 0 spiro atoms.